The van der Waals surface area contributed by atoms with E-state index in [1.54, 1.807) is 0 Å². The van der Waals surface area contributed by atoms with Gasteiger partial charge in [0.1, 0.15) is 10.9 Å². The number of hydrogen-bond acceptors (Lipinski definition) is 3. The fourth-order valence-corrected chi connectivity index (χ4v) is 1.28. The van der Waals surface area contributed by atoms with Gasteiger partial charge in [-0.05, 0) is 12.2 Å². The molecular weight excluding hydrogens is 182 g/mol. The molecule has 5 heteroatoms. The molecule has 0 amide bonds. The van der Waals surface area contributed by atoms with Crippen molar-refractivity contribution in [3.05, 3.63) is 0 Å². The Bertz CT molecular complexity index is 150. The number of rotatable bonds is 4. The largest absolute Gasteiger partial charge is 0.480 e. The summed E-state index contributed by atoms with van der Waals surface area (Å²) < 4.78 is 0.564. The van der Waals surface area contributed by atoms with Gasteiger partial charge >= 0.3 is 5.97 Å². The Balaban J connectivity index is 3.30. The van der Waals surface area contributed by atoms with Crippen LogP contribution in [0, 0.1) is 0 Å². The van der Waals surface area contributed by atoms with Gasteiger partial charge in [-0.1, -0.05) is 30.9 Å². The number of carboxylic acid groups (broad SMARTS) is 1. The predicted octanol–water partition coefficient (Wildman–Crippen LogP) is 1.09. The first-order valence-corrected chi connectivity index (χ1v) is 4.68. The molecule has 2 N–H and O–H groups in total. The van der Waals surface area contributed by atoms with Crippen molar-refractivity contribution in [2.24, 2.45) is 0 Å². The minimum absolute atomic E-state index is 0.0878. The molecule has 0 aliphatic carbocycles. The van der Waals surface area contributed by atoms with Gasteiger partial charge in [0.15, 0.2) is 0 Å². The number of hydrogen-bond donors (Lipinski definition) is 2. The molecule has 0 spiro atoms. The summed E-state index contributed by atoms with van der Waals surface area (Å²) in [4.78, 5) is 10.0. The minimum Gasteiger partial charge on any atom is -0.480 e. The van der Waals surface area contributed by atoms with Crippen LogP contribution in [-0.4, -0.2) is 27.7 Å². The standard InChI is InChI=1S/C6H11NO2S2/c1-2-3-11-6(10)7-4-5(8)9/h2-4H2,1H3,(H,7,10)(H,8,9). The second-order valence-corrected chi connectivity index (χ2v) is 3.66. The third kappa shape index (κ3) is 7.61. The van der Waals surface area contributed by atoms with Gasteiger partial charge in [0.25, 0.3) is 0 Å². The summed E-state index contributed by atoms with van der Waals surface area (Å²) in [6, 6.07) is 0. The van der Waals surface area contributed by atoms with Gasteiger partial charge in [-0.3, -0.25) is 4.79 Å². The van der Waals surface area contributed by atoms with Gasteiger partial charge in [-0.15, -0.1) is 0 Å². The average Bonchev–Trinajstić information content (AvgIpc) is 1.97. The molecule has 0 aromatic rings. The number of carbonyl (C=O) groups is 1. The molecule has 0 saturated heterocycles. The zero-order valence-corrected chi connectivity index (χ0v) is 7.93. The van der Waals surface area contributed by atoms with Crippen molar-refractivity contribution < 1.29 is 9.90 Å². The minimum atomic E-state index is -0.885. The second-order valence-electron chi connectivity index (χ2n) is 1.88. The van der Waals surface area contributed by atoms with E-state index >= 15 is 0 Å². The summed E-state index contributed by atoms with van der Waals surface area (Å²) in [7, 11) is 0. The van der Waals surface area contributed by atoms with Crippen LogP contribution >= 0.6 is 24.0 Å². The van der Waals surface area contributed by atoms with Crippen molar-refractivity contribution in [1.82, 2.24) is 5.32 Å². The molecule has 11 heavy (non-hydrogen) atoms. The average molecular weight is 193 g/mol. The molecule has 0 aromatic carbocycles. The Morgan fingerprint density at radius 2 is 2.36 bits per heavy atom. The number of aliphatic carboxylic acids is 1. The third-order valence-electron chi connectivity index (χ3n) is 0.821. The van der Waals surface area contributed by atoms with E-state index in [2.05, 4.69) is 5.32 Å². The van der Waals surface area contributed by atoms with E-state index < -0.39 is 5.97 Å². The van der Waals surface area contributed by atoms with Crippen LogP contribution in [0.4, 0.5) is 0 Å². The van der Waals surface area contributed by atoms with E-state index in [-0.39, 0.29) is 6.54 Å². The molecule has 0 rings (SSSR count). The Labute approximate surface area is 75.6 Å². The molecule has 0 aliphatic heterocycles. The lowest BCUT2D eigenvalue weighted by Gasteiger charge is -2.02. The van der Waals surface area contributed by atoms with Crippen LogP contribution in [-0.2, 0) is 4.79 Å². The van der Waals surface area contributed by atoms with Crippen LogP contribution in [0.2, 0.25) is 0 Å². The van der Waals surface area contributed by atoms with Crippen molar-refractivity contribution in [3.8, 4) is 0 Å². The maximum Gasteiger partial charge on any atom is 0.322 e. The summed E-state index contributed by atoms with van der Waals surface area (Å²) in [6.07, 6.45) is 1.04. The smallest absolute Gasteiger partial charge is 0.322 e. The highest BCUT2D eigenvalue weighted by Gasteiger charge is 1.98. The van der Waals surface area contributed by atoms with Crippen LogP contribution in [0.15, 0.2) is 0 Å². The highest BCUT2D eigenvalue weighted by Crippen LogP contribution is 2.02. The highest BCUT2D eigenvalue weighted by atomic mass is 32.2. The lowest BCUT2D eigenvalue weighted by atomic mass is 10.6. The van der Waals surface area contributed by atoms with Gasteiger partial charge in [-0.2, -0.15) is 0 Å². The molecule has 0 atom stereocenters. The molecule has 3 nitrogen and oxygen atoms in total. The molecule has 64 valence electrons. The topological polar surface area (TPSA) is 49.3 Å². The van der Waals surface area contributed by atoms with E-state index in [0.717, 1.165) is 12.2 Å². The van der Waals surface area contributed by atoms with Crippen molar-refractivity contribution >= 4 is 34.3 Å². The Morgan fingerprint density at radius 3 is 2.82 bits per heavy atom. The molecule has 0 heterocycles. The van der Waals surface area contributed by atoms with E-state index in [0.29, 0.717) is 4.32 Å². The molecule has 0 unspecified atom stereocenters. The summed E-state index contributed by atoms with van der Waals surface area (Å²) >= 11 is 6.30. The molecule has 0 aliphatic rings. The van der Waals surface area contributed by atoms with Crippen LogP contribution in [0.1, 0.15) is 13.3 Å². The van der Waals surface area contributed by atoms with Gasteiger partial charge in [-0.25, -0.2) is 0 Å². The molecule has 0 bridgehead atoms. The van der Waals surface area contributed by atoms with E-state index in [1.807, 2.05) is 6.92 Å². The first-order valence-electron chi connectivity index (χ1n) is 3.29. The van der Waals surface area contributed by atoms with Crippen LogP contribution in [0.25, 0.3) is 0 Å². The summed E-state index contributed by atoms with van der Waals surface area (Å²) in [6.45, 7) is 1.96. The van der Waals surface area contributed by atoms with Gasteiger partial charge in [0.05, 0.1) is 0 Å². The van der Waals surface area contributed by atoms with Crippen LogP contribution in [0.3, 0.4) is 0 Å². The third-order valence-corrected chi connectivity index (χ3v) is 2.34. The van der Waals surface area contributed by atoms with E-state index in [9.17, 15) is 4.79 Å². The SMILES string of the molecule is CCCSC(=S)NCC(=O)O. The zero-order valence-electron chi connectivity index (χ0n) is 6.29. The lowest BCUT2D eigenvalue weighted by molar-refractivity contribution is -0.135. The Kier molecular flexibility index (Phi) is 6.25. The maximum absolute atomic E-state index is 10.0. The fraction of sp³-hybridized carbons (Fsp3) is 0.667. The Hall–Kier alpha value is -0.290. The molecular formula is C6H11NO2S2. The summed E-state index contributed by atoms with van der Waals surface area (Å²) in [5.41, 5.74) is 0. The number of nitrogens with one attached hydrogen (secondary N) is 1. The van der Waals surface area contributed by atoms with Gasteiger partial charge in [0, 0.05) is 0 Å². The quantitative estimate of drug-likeness (QED) is 0.654. The second kappa shape index (κ2) is 6.42. The lowest BCUT2D eigenvalue weighted by Crippen LogP contribution is -2.25. The van der Waals surface area contributed by atoms with Gasteiger partial charge in [0.2, 0.25) is 0 Å². The first kappa shape index (κ1) is 10.7. The van der Waals surface area contributed by atoms with Gasteiger partial charge < -0.3 is 10.4 Å². The Morgan fingerprint density at radius 1 is 1.73 bits per heavy atom. The van der Waals surface area contributed by atoms with Crippen LogP contribution < -0.4 is 5.32 Å². The fourth-order valence-electron chi connectivity index (χ4n) is 0.394. The van der Waals surface area contributed by atoms with Crippen molar-refractivity contribution in [2.75, 3.05) is 12.3 Å². The van der Waals surface area contributed by atoms with Crippen molar-refractivity contribution in [1.29, 1.82) is 0 Å². The monoisotopic (exact) mass is 193 g/mol. The molecule has 0 fully saturated rings. The number of thioether (sulfide) groups is 1. The number of thiocarbonyl (C=S) groups is 1. The molecule has 0 saturated carbocycles. The summed E-state index contributed by atoms with van der Waals surface area (Å²) in [5.74, 6) is 0.0512. The summed E-state index contributed by atoms with van der Waals surface area (Å²) in [5, 5.41) is 10.9. The number of carboxylic acids is 1. The van der Waals surface area contributed by atoms with Crippen molar-refractivity contribution in [3.63, 3.8) is 0 Å². The normalized spacial score (nSPS) is 9.18. The highest BCUT2D eigenvalue weighted by molar-refractivity contribution is 8.22. The molecule has 0 aromatic heterocycles. The van der Waals surface area contributed by atoms with E-state index in [4.69, 9.17) is 17.3 Å². The zero-order chi connectivity index (χ0) is 8.69. The van der Waals surface area contributed by atoms with Crippen molar-refractivity contribution in [2.45, 2.75) is 13.3 Å². The first-order chi connectivity index (χ1) is 5.16. The maximum atomic E-state index is 10.0. The van der Waals surface area contributed by atoms with Crippen LogP contribution in [0.5, 0.6) is 0 Å². The predicted molar refractivity (Wildman–Crippen MR) is 51.0 cm³/mol. The van der Waals surface area contributed by atoms with E-state index in [1.165, 1.54) is 11.8 Å². The molecule has 0 radical (unpaired) electrons.